The first kappa shape index (κ1) is 17.8. The Morgan fingerprint density at radius 2 is 2.15 bits per heavy atom. The molecule has 1 aliphatic heterocycles. The van der Waals surface area contributed by atoms with E-state index in [1.54, 1.807) is 17.2 Å². The number of carbonyl (C=O) groups excluding carboxylic acids is 2. The maximum atomic E-state index is 12.6. The average Bonchev–Trinajstić information content (AvgIpc) is 3.39. The van der Waals surface area contributed by atoms with Crippen molar-refractivity contribution in [2.24, 2.45) is 5.92 Å². The van der Waals surface area contributed by atoms with E-state index in [0.717, 1.165) is 24.1 Å². The summed E-state index contributed by atoms with van der Waals surface area (Å²) in [6.45, 7) is 2.72. The molecule has 27 heavy (non-hydrogen) atoms. The number of likely N-dealkylation sites (tertiary alicyclic amines) is 1. The fourth-order valence-electron chi connectivity index (χ4n) is 4.13. The molecule has 144 valence electrons. The maximum Gasteiger partial charge on any atom is 0.234 e. The third-order valence-electron chi connectivity index (χ3n) is 5.70. The van der Waals surface area contributed by atoms with Crippen LogP contribution < -0.4 is 5.32 Å². The average molecular weight is 371 g/mol. The molecule has 0 bridgehead atoms. The maximum absolute atomic E-state index is 12.6. The molecule has 2 fully saturated rings. The van der Waals surface area contributed by atoms with Crippen LogP contribution in [0.25, 0.3) is 0 Å². The molecule has 1 N–H and O–H groups in total. The highest BCUT2D eigenvalue weighted by Gasteiger charge is 2.35. The van der Waals surface area contributed by atoms with Crippen molar-refractivity contribution in [3.63, 3.8) is 0 Å². The van der Waals surface area contributed by atoms with Crippen LogP contribution in [0.1, 0.15) is 61.5 Å². The second-order valence-corrected chi connectivity index (χ2v) is 7.60. The number of furan rings is 1. The number of aromatic nitrogens is 1. The molecule has 1 saturated heterocycles. The number of hydrogen-bond donors (Lipinski definition) is 1. The van der Waals surface area contributed by atoms with E-state index in [2.05, 4.69) is 10.5 Å². The van der Waals surface area contributed by atoms with Gasteiger partial charge >= 0.3 is 0 Å². The molecular weight excluding hydrogens is 346 g/mol. The van der Waals surface area contributed by atoms with Crippen molar-refractivity contribution >= 4 is 17.7 Å². The summed E-state index contributed by atoms with van der Waals surface area (Å²) in [6.07, 6.45) is 7.75. The molecule has 1 atom stereocenters. The second-order valence-electron chi connectivity index (χ2n) is 7.60. The van der Waals surface area contributed by atoms with Crippen LogP contribution in [0.15, 0.2) is 27.3 Å². The largest absolute Gasteiger partial charge is 0.467 e. The van der Waals surface area contributed by atoms with E-state index >= 15 is 0 Å². The van der Waals surface area contributed by atoms with E-state index in [4.69, 9.17) is 8.94 Å². The molecule has 1 unspecified atom stereocenters. The summed E-state index contributed by atoms with van der Waals surface area (Å²) in [4.78, 5) is 26.5. The molecule has 3 heterocycles. The second kappa shape index (κ2) is 7.58. The van der Waals surface area contributed by atoms with E-state index in [-0.39, 0.29) is 18.2 Å². The van der Waals surface area contributed by atoms with Crippen LogP contribution in [0, 0.1) is 12.8 Å². The number of nitrogens with one attached hydrogen (secondary N) is 1. The smallest absolute Gasteiger partial charge is 0.234 e. The fourth-order valence-corrected chi connectivity index (χ4v) is 4.13. The summed E-state index contributed by atoms with van der Waals surface area (Å²) >= 11 is 0. The zero-order chi connectivity index (χ0) is 18.8. The van der Waals surface area contributed by atoms with E-state index in [1.165, 1.54) is 19.3 Å². The van der Waals surface area contributed by atoms with Gasteiger partial charge in [-0.05, 0) is 31.9 Å². The monoisotopic (exact) mass is 371 g/mol. The van der Waals surface area contributed by atoms with Gasteiger partial charge in [-0.15, -0.1) is 0 Å². The van der Waals surface area contributed by atoms with Crippen LogP contribution >= 0.6 is 0 Å². The van der Waals surface area contributed by atoms with Gasteiger partial charge in [0.2, 0.25) is 17.7 Å². The zero-order valence-electron chi connectivity index (χ0n) is 15.6. The van der Waals surface area contributed by atoms with Gasteiger partial charge in [-0.1, -0.05) is 24.4 Å². The van der Waals surface area contributed by atoms with Gasteiger partial charge < -0.3 is 13.8 Å². The SMILES string of the molecule is Cc1c(C2CCCCC2)noc1NC(=O)C1CC(=O)N(Cc2ccco2)C1. The third kappa shape index (κ3) is 3.77. The summed E-state index contributed by atoms with van der Waals surface area (Å²) in [7, 11) is 0. The molecule has 0 radical (unpaired) electrons. The highest BCUT2D eigenvalue weighted by molar-refractivity contribution is 5.96. The lowest BCUT2D eigenvalue weighted by atomic mass is 9.86. The lowest BCUT2D eigenvalue weighted by molar-refractivity contribution is -0.128. The topological polar surface area (TPSA) is 88.6 Å². The van der Waals surface area contributed by atoms with Crippen molar-refractivity contribution in [3.8, 4) is 0 Å². The minimum atomic E-state index is -0.393. The molecule has 7 nitrogen and oxygen atoms in total. The van der Waals surface area contributed by atoms with Crippen LogP contribution in [0.2, 0.25) is 0 Å². The molecule has 2 aromatic rings. The van der Waals surface area contributed by atoms with Gasteiger partial charge in [-0.2, -0.15) is 0 Å². The van der Waals surface area contributed by atoms with Gasteiger partial charge in [-0.3, -0.25) is 14.9 Å². The van der Waals surface area contributed by atoms with Gasteiger partial charge in [0.25, 0.3) is 0 Å². The van der Waals surface area contributed by atoms with Crippen molar-refractivity contribution in [3.05, 3.63) is 35.4 Å². The summed E-state index contributed by atoms with van der Waals surface area (Å²) in [6, 6.07) is 3.61. The Balaban J connectivity index is 1.38. The molecule has 1 saturated carbocycles. The van der Waals surface area contributed by atoms with E-state index in [0.29, 0.717) is 30.7 Å². The van der Waals surface area contributed by atoms with E-state index < -0.39 is 5.92 Å². The Bertz CT molecular complexity index is 805. The van der Waals surface area contributed by atoms with Crippen molar-refractivity contribution in [2.75, 3.05) is 11.9 Å². The summed E-state index contributed by atoms with van der Waals surface area (Å²) in [5, 5.41) is 7.06. The summed E-state index contributed by atoms with van der Waals surface area (Å²) in [5.74, 6) is 0.925. The van der Waals surface area contributed by atoms with Gasteiger partial charge in [0.1, 0.15) is 5.76 Å². The molecular formula is C20H25N3O4. The highest BCUT2D eigenvalue weighted by Crippen LogP contribution is 2.36. The normalized spacial score (nSPS) is 21.0. The summed E-state index contributed by atoms with van der Waals surface area (Å²) in [5.41, 5.74) is 1.87. The van der Waals surface area contributed by atoms with Gasteiger partial charge in [0.15, 0.2) is 0 Å². The lowest BCUT2D eigenvalue weighted by Crippen LogP contribution is -2.28. The van der Waals surface area contributed by atoms with Crippen LogP contribution in [0.4, 0.5) is 5.88 Å². The van der Waals surface area contributed by atoms with Crippen molar-refractivity contribution < 1.29 is 18.5 Å². The predicted molar refractivity (Wildman–Crippen MR) is 97.9 cm³/mol. The quantitative estimate of drug-likeness (QED) is 0.867. The molecule has 2 aromatic heterocycles. The minimum absolute atomic E-state index is 0.0382. The van der Waals surface area contributed by atoms with Crippen LogP contribution in [-0.4, -0.2) is 28.4 Å². The number of amides is 2. The molecule has 2 aliphatic rings. The first-order valence-electron chi connectivity index (χ1n) is 9.69. The van der Waals surface area contributed by atoms with Gasteiger partial charge in [0.05, 0.1) is 24.4 Å². The number of hydrogen-bond acceptors (Lipinski definition) is 5. The highest BCUT2D eigenvalue weighted by atomic mass is 16.5. The number of carbonyl (C=O) groups is 2. The Kier molecular flexibility index (Phi) is 5.01. The van der Waals surface area contributed by atoms with Crippen LogP contribution in [0.5, 0.6) is 0 Å². The molecule has 2 amide bonds. The number of nitrogens with zero attached hydrogens (tertiary/aromatic N) is 2. The van der Waals surface area contributed by atoms with Crippen molar-refractivity contribution in [1.29, 1.82) is 0 Å². The van der Waals surface area contributed by atoms with Gasteiger partial charge in [-0.25, -0.2) is 0 Å². The minimum Gasteiger partial charge on any atom is -0.467 e. The predicted octanol–water partition coefficient (Wildman–Crippen LogP) is 3.61. The van der Waals surface area contributed by atoms with Gasteiger partial charge in [0, 0.05) is 24.4 Å². The Morgan fingerprint density at radius 3 is 2.89 bits per heavy atom. The standard InChI is InChI=1S/C20H25N3O4/c1-13-18(14-6-3-2-4-7-14)22-27-20(13)21-19(25)15-10-17(24)23(11-15)12-16-8-5-9-26-16/h5,8-9,14-15H,2-4,6-7,10-12H2,1H3,(H,21,25). The Morgan fingerprint density at radius 1 is 1.33 bits per heavy atom. The molecule has 7 heteroatoms. The van der Waals surface area contributed by atoms with Crippen LogP contribution in [0.3, 0.4) is 0 Å². The first-order chi connectivity index (χ1) is 13.1. The third-order valence-corrected chi connectivity index (χ3v) is 5.70. The number of rotatable bonds is 5. The number of anilines is 1. The molecule has 1 aliphatic carbocycles. The molecule has 4 rings (SSSR count). The Labute approximate surface area is 158 Å². The first-order valence-corrected chi connectivity index (χ1v) is 9.69. The Hall–Kier alpha value is -2.57. The van der Waals surface area contributed by atoms with Crippen molar-refractivity contribution in [1.82, 2.24) is 10.1 Å². The summed E-state index contributed by atoms with van der Waals surface area (Å²) < 4.78 is 10.7. The molecule has 0 spiro atoms. The lowest BCUT2D eigenvalue weighted by Gasteiger charge is -2.19. The molecule has 0 aromatic carbocycles. The fraction of sp³-hybridized carbons (Fsp3) is 0.550. The zero-order valence-corrected chi connectivity index (χ0v) is 15.6. The van der Waals surface area contributed by atoms with Crippen LogP contribution in [-0.2, 0) is 16.1 Å². The van der Waals surface area contributed by atoms with E-state index in [9.17, 15) is 9.59 Å². The van der Waals surface area contributed by atoms with E-state index in [1.807, 2.05) is 13.0 Å². The van der Waals surface area contributed by atoms with Crippen molar-refractivity contribution in [2.45, 2.75) is 57.9 Å².